The number of anilines is 1. The highest BCUT2D eigenvalue weighted by Crippen LogP contribution is 2.12. The van der Waals surface area contributed by atoms with E-state index in [1.807, 2.05) is 19.9 Å². The Bertz CT molecular complexity index is 312. The zero-order valence-corrected chi connectivity index (χ0v) is 7.64. The largest absolute Gasteiger partial charge is 0.318 e. The van der Waals surface area contributed by atoms with E-state index in [0.717, 1.165) is 11.4 Å². The van der Waals surface area contributed by atoms with Gasteiger partial charge in [-0.3, -0.25) is 9.78 Å². The summed E-state index contributed by atoms with van der Waals surface area (Å²) in [6.45, 7) is 3.70. The molecule has 4 heteroatoms. The Morgan fingerprint density at radius 3 is 2.67 bits per heavy atom. The van der Waals surface area contributed by atoms with E-state index in [1.54, 1.807) is 6.07 Å². The van der Waals surface area contributed by atoms with Crippen molar-refractivity contribution in [3.63, 3.8) is 0 Å². The third-order valence-corrected chi connectivity index (χ3v) is 1.55. The molecule has 0 saturated heterocycles. The number of nitrogens with zero attached hydrogens (tertiary/aromatic N) is 1. The van der Waals surface area contributed by atoms with Gasteiger partial charge in [-0.15, -0.1) is 0 Å². The van der Waals surface area contributed by atoms with Crippen LogP contribution in [0.3, 0.4) is 0 Å². The lowest BCUT2D eigenvalue weighted by Crippen LogP contribution is -2.04. The molecule has 1 heterocycles. The van der Waals surface area contributed by atoms with Crippen LogP contribution in [0.5, 0.6) is 0 Å². The molecule has 1 rings (SSSR count). The molecule has 0 spiro atoms. The van der Waals surface area contributed by atoms with E-state index in [0.29, 0.717) is 5.69 Å². The van der Waals surface area contributed by atoms with Crippen molar-refractivity contribution in [2.24, 2.45) is 0 Å². The minimum Gasteiger partial charge on any atom is -0.311 e. The van der Waals surface area contributed by atoms with Crippen LogP contribution in [0.15, 0.2) is 12.1 Å². The molecule has 3 nitrogen and oxygen atoms in total. The van der Waals surface area contributed by atoms with Crippen molar-refractivity contribution in [3.8, 4) is 0 Å². The molecule has 1 aromatic rings. The second kappa shape index (κ2) is 3.54. The number of hydrogen-bond donors (Lipinski definition) is 1. The molecule has 0 saturated carbocycles. The van der Waals surface area contributed by atoms with Gasteiger partial charge in [0.15, 0.2) is 0 Å². The first kappa shape index (κ1) is 9.00. The Morgan fingerprint density at radius 2 is 2.17 bits per heavy atom. The van der Waals surface area contributed by atoms with Crippen LogP contribution in [0.2, 0.25) is 0 Å². The molecular formula is C8H9ClN2O. The molecule has 0 aliphatic carbocycles. The van der Waals surface area contributed by atoms with E-state index < -0.39 is 5.37 Å². The van der Waals surface area contributed by atoms with Gasteiger partial charge in [-0.2, -0.15) is 0 Å². The number of amides is 1. The number of aryl methyl sites for hydroxylation is 2. The van der Waals surface area contributed by atoms with Gasteiger partial charge in [-0.1, -0.05) is 0 Å². The highest BCUT2D eigenvalue weighted by atomic mass is 35.5. The fourth-order valence-corrected chi connectivity index (χ4v) is 1.03. The maximum atomic E-state index is 10.5. The summed E-state index contributed by atoms with van der Waals surface area (Å²) in [7, 11) is 0. The maximum absolute atomic E-state index is 10.5. The minimum atomic E-state index is -0.594. The Labute approximate surface area is 75.8 Å². The topological polar surface area (TPSA) is 42.0 Å². The summed E-state index contributed by atoms with van der Waals surface area (Å²) in [4.78, 5) is 14.6. The van der Waals surface area contributed by atoms with Crippen molar-refractivity contribution >= 4 is 22.7 Å². The van der Waals surface area contributed by atoms with Gasteiger partial charge in [0.25, 0.3) is 0 Å². The summed E-state index contributed by atoms with van der Waals surface area (Å²) in [5.74, 6) is 0. The molecule has 0 atom stereocenters. The Morgan fingerprint density at radius 1 is 1.50 bits per heavy atom. The van der Waals surface area contributed by atoms with E-state index in [-0.39, 0.29) is 0 Å². The summed E-state index contributed by atoms with van der Waals surface area (Å²) >= 11 is 5.15. The van der Waals surface area contributed by atoms with Gasteiger partial charge in [-0.25, -0.2) is 0 Å². The van der Waals surface area contributed by atoms with E-state index in [4.69, 9.17) is 11.6 Å². The molecule has 0 radical (unpaired) electrons. The lowest BCUT2D eigenvalue weighted by atomic mass is 10.3. The van der Waals surface area contributed by atoms with Gasteiger partial charge in [0.1, 0.15) is 0 Å². The van der Waals surface area contributed by atoms with Crippen LogP contribution >= 0.6 is 11.6 Å². The highest BCUT2D eigenvalue weighted by molar-refractivity contribution is 6.65. The molecule has 0 aliphatic rings. The number of rotatable bonds is 1. The number of carbonyl (C=O) groups excluding carboxylic acids is 1. The summed E-state index contributed by atoms with van der Waals surface area (Å²) in [6.07, 6.45) is 0. The third kappa shape index (κ3) is 2.20. The van der Waals surface area contributed by atoms with Gasteiger partial charge in [-0.05, 0) is 37.6 Å². The van der Waals surface area contributed by atoms with Crippen molar-refractivity contribution in [2.45, 2.75) is 13.8 Å². The van der Waals surface area contributed by atoms with Crippen LogP contribution in [0.1, 0.15) is 11.4 Å². The molecule has 64 valence electrons. The predicted octanol–water partition coefficient (Wildman–Crippen LogP) is 2.47. The number of aromatic nitrogens is 1. The summed E-state index contributed by atoms with van der Waals surface area (Å²) < 4.78 is 0. The molecule has 0 bridgehead atoms. The molecule has 0 fully saturated rings. The quantitative estimate of drug-likeness (QED) is 0.538. The fourth-order valence-electron chi connectivity index (χ4n) is 0.925. The molecule has 1 aromatic heterocycles. The first-order valence-electron chi connectivity index (χ1n) is 3.50. The second-order valence-electron chi connectivity index (χ2n) is 2.48. The normalized spacial score (nSPS) is 9.58. The summed E-state index contributed by atoms with van der Waals surface area (Å²) in [5, 5.41) is 1.87. The van der Waals surface area contributed by atoms with Crippen molar-refractivity contribution in [3.05, 3.63) is 23.5 Å². The van der Waals surface area contributed by atoms with Crippen LogP contribution in [-0.2, 0) is 0 Å². The molecule has 12 heavy (non-hydrogen) atoms. The first-order chi connectivity index (χ1) is 5.59. The van der Waals surface area contributed by atoms with Crippen LogP contribution in [0, 0.1) is 13.8 Å². The Kier molecular flexibility index (Phi) is 2.65. The van der Waals surface area contributed by atoms with E-state index in [9.17, 15) is 4.79 Å². The number of nitrogens with one attached hydrogen (secondary N) is 1. The van der Waals surface area contributed by atoms with Crippen LogP contribution in [-0.4, -0.2) is 10.4 Å². The van der Waals surface area contributed by atoms with Crippen LogP contribution in [0.4, 0.5) is 10.5 Å². The van der Waals surface area contributed by atoms with E-state index >= 15 is 0 Å². The number of halogens is 1. The van der Waals surface area contributed by atoms with Crippen molar-refractivity contribution in [1.29, 1.82) is 0 Å². The Hall–Kier alpha value is -1.09. The lowest BCUT2D eigenvalue weighted by Gasteiger charge is -2.04. The maximum Gasteiger partial charge on any atom is 0.318 e. The molecule has 0 aromatic carbocycles. The highest BCUT2D eigenvalue weighted by Gasteiger charge is 2.01. The number of pyridine rings is 1. The zero-order valence-electron chi connectivity index (χ0n) is 6.89. The summed E-state index contributed by atoms with van der Waals surface area (Å²) in [5.41, 5.74) is 2.34. The van der Waals surface area contributed by atoms with E-state index in [2.05, 4.69) is 10.3 Å². The second-order valence-corrected chi connectivity index (χ2v) is 2.83. The van der Waals surface area contributed by atoms with Crippen LogP contribution < -0.4 is 5.32 Å². The average Bonchev–Trinajstić information content (AvgIpc) is 1.94. The van der Waals surface area contributed by atoms with Gasteiger partial charge < -0.3 is 5.32 Å². The molecule has 0 unspecified atom stereocenters. The molecular weight excluding hydrogens is 176 g/mol. The Balaban J connectivity index is 2.93. The molecule has 1 amide bonds. The standard InChI is InChI=1S/C8H9ClN2O/c1-5-3-4-7(6(2)10-5)11-8(9)12/h3-4H,1-2H3,(H,11,12). The summed E-state index contributed by atoms with van der Waals surface area (Å²) in [6, 6.07) is 3.59. The SMILES string of the molecule is Cc1ccc(NC(=O)Cl)c(C)n1. The smallest absolute Gasteiger partial charge is 0.311 e. The molecule has 1 N–H and O–H groups in total. The minimum absolute atomic E-state index is 0.594. The van der Waals surface area contributed by atoms with Gasteiger partial charge in [0.2, 0.25) is 0 Å². The monoisotopic (exact) mass is 184 g/mol. The third-order valence-electron chi connectivity index (χ3n) is 1.46. The number of hydrogen-bond acceptors (Lipinski definition) is 2. The van der Waals surface area contributed by atoms with E-state index in [1.165, 1.54) is 0 Å². The van der Waals surface area contributed by atoms with Crippen molar-refractivity contribution in [2.75, 3.05) is 5.32 Å². The fraction of sp³-hybridized carbons (Fsp3) is 0.250. The van der Waals surface area contributed by atoms with Crippen molar-refractivity contribution < 1.29 is 4.79 Å². The molecule has 0 aliphatic heterocycles. The van der Waals surface area contributed by atoms with Gasteiger partial charge in [0.05, 0.1) is 11.4 Å². The zero-order chi connectivity index (χ0) is 9.14. The van der Waals surface area contributed by atoms with Gasteiger partial charge >= 0.3 is 5.37 Å². The predicted molar refractivity (Wildman–Crippen MR) is 48.6 cm³/mol. The van der Waals surface area contributed by atoms with Crippen LogP contribution in [0.25, 0.3) is 0 Å². The van der Waals surface area contributed by atoms with Crippen molar-refractivity contribution in [1.82, 2.24) is 4.98 Å². The lowest BCUT2D eigenvalue weighted by molar-refractivity contribution is 0.269. The van der Waals surface area contributed by atoms with Gasteiger partial charge in [0, 0.05) is 5.69 Å². The number of carbonyl (C=O) groups is 1. The first-order valence-corrected chi connectivity index (χ1v) is 3.88. The average molecular weight is 185 g/mol.